The molecule has 1 heterocycles. The third-order valence-electron chi connectivity index (χ3n) is 4.34. The van der Waals surface area contributed by atoms with Gasteiger partial charge >= 0.3 is 0 Å². The molecule has 25 heavy (non-hydrogen) atoms. The van der Waals surface area contributed by atoms with Crippen molar-refractivity contribution in [3.63, 3.8) is 0 Å². The van der Waals surface area contributed by atoms with E-state index >= 15 is 0 Å². The molecule has 1 aliphatic rings. The van der Waals surface area contributed by atoms with Gasteiger partial charge in [-0.2, -0.15) is 11.8 Å². The Morgan fingerprint density at radius 3 is 2.32 bits per heavy atom. The SMILES string of the molecule is CCC(C)(C)SC(C)CNC(=O)CCN1C(=O)C=C(C(C)(C)C)C1=O. The highest BCUT2D eigenvalue weighted by molar-refractivity contribution is 8.01. The number of amides is 3. The lowest BCUT2D eigenvalue weighted by atomic mass is 9.86. The molecular formula is C19H32N2O3S. The van der Waals surface area contributed by atoms with Crippen LogP contribution in [-0.4, -0.2) is 45.7 Å². The molecule has 5 nitrogen and oxygen atoms in total. The van der Waals surface area contributed by atoms with Crippen LogP contribution in [0.1, 0.15) is 61.3 Å². The van der Waals surface area contributed by atoms with Crippen LogP contribution in [0.4, 0.5) is 0 Å². The second-order valence-corrected chi connectivity index (χ2v) is 10.3. The molecule has 0 bridgehead atoms. The van der Waals surface area contributed by atoms with Crippen molar-refractivity contribution in [2.75, 3.05) is 13.1 Å². The van der Waals surface area contributed by atoms with E-state index in [-0.39, 0.29) is 40.8 Å². The van der Waals surface area contributed by atoms with Gasteiger partial charge < -0.3 is 5.32 Å². The fourth-order valence-corrected chi connectivity index (χ4v) is 3.91. The zero-order valence-corrected chi connectivity index (χ0v) is 17.4. The van der Waals surface area contributed by atoms with Crippen molar-refractivity contribution in [1.29, 1.82) is 0 Å². The lowest BCUT2D eigenvalue weighted by Crippen LogP contribution is -2.38. The van der Waals surface area contributed by atoms with Crippen LogP contribution in [0.5, 0.6) is 0 Å². The van der Waals surface area contributed by atoms with Crippen LogP contribution in [-0.2, 0) is 14.4 Å². The third-order valence-corrected chi connectivity index (χ3v) is 5.83. The first-order chi connectivity index (χ1) is 11.4. The predicted octanol–water partition coefficient (Wildman–Crippen LogP) is 3.14. The van der Waals surface area contributed by atoms with E-state index in [1.165, 1.54) is 11.0 Å². The summed E-state index contributed by atoms with van der Waals surface area (Å²) in [6.07, 6.45) is 2.60. The molecule has 1 unspecified atom stereocenters. The monoisotopic (exact) mass is 368 g/mol. The van der Waals surface area contributed by atoms with Gasteiger partial charge in [0.05, 0.1) is 0 Å². The van der Waals surface area contributed by atoms with Gasteiger partial charge in [-0.3, -0.25) is 19.3 Å². The Hall–Kier alpha value is -1.30. The maximum Gasteiger partial charge on any atom is 0.257 e. The fraction of sp³-hybridized carbons (Fsp3) is 0.737. The van der Waals surface area contributed by atoms with E-state index in [9.17, 15) is 14.4 Å². The lowest BCUT2D eigenvalue weighted by Gasteiger charge is -2.26. The molecule has 0 saturated carbocycles. The Kier molecular flexibility index (Phi) is 7.29. The van der Waals surface area contributed by atoms with Crippen LogP contribution in [0.3, 0.4) is 0 Å². The quantitative estimate of drug-likeness (QED) is 0.669. The molecule has 1 N–H and O–H groups in total. The summed E-state index contributed by atoms with van der Waals surface area (Å²) >= 11 is 1.85. The minimum absolute atomic E-state index is 0.127. The molecule has 1 aliphatic heterocycles. The number of thioether (sulfide) groups is 1. The largest absolute Gasteiger partial charge is 0.355 e. The summed E-state index contributed by atoms with van der Waals surface area (Å²) < 4.78 is 0.188. The minimum atomic E-state index is -0.373. The summed E-state index contributed by atoms with van der Waals surface area (Å²) in [6, 6.07) is 0. The smallest absolute Gasteiger partial charge is 0.257 e. The van der Waals surface area contributed by atoms with E-state index in [0.717, 1.165) is 6.42 Å². The van der Waals surface area contributed by atoms with Gasteiger partial charge in [0.2, 0.25) is 5.91 Å². The van der Waals surface area contributed by atoms with E-state index in [2.05, 4.69) is 33.0 Å². The summed E-state index contributed by atoms with van der Waals surface area (Å²) in [4.78, 5) is 37.5. The summed E-state index contributed by atoms with van der Waals surface area (Å²) in [5, 5.41) is 3.21. The Balaban J connectivity index is 2.43. The molecule has 1 rings (SSSR count). The summed E-state index contributed by atoms with van der Waals surface area (Å²) in [5.41, 5.74) is 0.132. The molecule has 1 atom stereocenters. The first kappa shape index (κ1) is 21.7. The van der Waals surface area contributed by atoms with E-state index in [1.54, 1.807) is 0 Å². The van der Waals surface area contributed by atoms with Crippen molar-refractivity contribution in [3.8, 4) is 0 Å². The van der Waals surface area contributed by atoms with Gasteiger partial charge in [-0.15, -0.1) is 0 Å². The molecule has 6 heteroatoms. The Bertz CT molecular complexity index is 562. The molecule has 0 aromatic rings. The Labute approximate surface area is 156 Å². The van der Waals surface area contributed by atoms with Crippen LogP contribution >= 0.6 is 11.8 Å². The molecule has 0 radical (unpaired) electrons. The van der Waals surface area contributed by atoms with Crippen molar-refractivity contribution in [2.45, 2.75) is 71.3 Å². The molecule has 142 valence electrons. The fourth-order valence-electron chi connectivity index (χ4n) is 2.49. The van der Waals surface area contributed by atoms with E-state index < -0.39 is 0 Å². The van der Waals surface area contributed by atoms with Crippen LogP contribution in [0.2, 0.25) is 0 Å². The molecule has 0 saturated heterocycles. The Morgan fingerprint density at radius 2 is 1.84 bits per heavy atom. The first-order valence-corrected chi connectivity index (χ1v) is 9.78. The van der Waals surface area contributed by atoms with Crippen molar-refractivity contribution in [2.24, 2.45) is 5.41 Å². The van der Waals surface area contributed by atoms with Crippen molar-refractivity contribution in [3.05, 3.63) is 11.6 Å². The van der Waals surface area contributed by atoms with E-state index in [1.807, 2.05) is 32.5 Å². The standard InChI is InChI=1S/C19H32N2O3S/c1-8-19(6,7)25-13(2)12-20-15(22)9-10-21-16(23)11-14(17(21)24)18(3,4)5/h11,13H,8-10,12H2,1-7H3,(H,20,22). The second-order valence-electron chi connectivity index (χ2n) is 8.20. The van der Waals surface area contributed by atoms with Gasteiger partial charge in [0.1, 0.15) is 0 Å². The topological polar surface area (TPSA) is 66.5 Å². The average Bonchev–Trinajstić information content (AvgIpc) is 2.77. The number of carbonyl (C=O) groups excluding carboxylic acids is 3. The van der Waals surface area contributed by atoms with Crippen molar-refractivity contribution < 1.29 is 14.4 Å². The molecule has 0 aliphatic carbocycles. The summed E-state index contributed by atoms with van der Waals surface area (Å²) in [7, 11) is 0. The van der Waals surface area contributed by atoms with Gasteiger partial charge in [0.15, 0.2) is 0 Å². The number of nitrogens with zero attached hydrogens (tertiary/aromatic N) is 1. The number of hydrogen-bond donors (Lipinski definition) is 1. The van der Waals surface area contributed by atoms with Gasteiger partial charge in [-0.1, -0.05) is 48.5 Å². The van der Waals surface area contributed by atoms with E-state index in [4.69, 9.17) is 0 Å². The highest BCUT2D eigenvalue weighted by atomic mass is 32.2. The van der Waals surface area contributed by atoms with Crippen LogP contribution < -0.4 is 5.32 Å². The number of imide groups is 1. The summed E-state index contributed by atoms with van der Waals surface area (Å²) in [6.45, 7) is 15.0. The van der Waals surface area contributed by atoms with Gasteiger partial charge in [0.25, 0.3) is 11.8 Å². The van der Waals surface area contributed by atoms with Crippen molar-refractivity contribution in [1.82, 2.24) is 10.2 Å². The lowest BCUT2D eigenvalue weighted by molar-refractivity contribution is -0.137. The number of carbonyl (C=O) groups is 3. The minimum Gasteiger partial charge on any atom is -0.355 e. The zero-order valence-electron chi connectivity index (χ0n) is 16.6. The molecule has 0 spiro atoms. The first-order valence-electron chi connectivity index (χ1n) is 8.90. The maximum absolute atomic E-state index is 12.3. The number of hydrogen-bond acceptors (Lipinski definition) is 4. The van der Waals surface area contributed by atoms with Gasteiger partial charge in [-0.25, -0.2) is 0 Å². The molecule has 0 aromatic carbocycles. The van der Waals surface area contributed by atoms with Crippen LogP contribution in [0.25, 0.3) is 0 Å². The Morgan fingerprint density at radius 1 is 1.24 bits per heavy atom. The molecule has 0 aromatic heterocycles. The normalized spacial score (nSPS) is 16.9. The van der Waals surface area contributed by atoms with Crippen LogP contribution in [0, 0.1) is 5.41 Å². The van der Waals surface area contributed by atoms with Gasteiger partial charge in [0, 0.05) is 41.2 Å². The predicted molar refractivity (Wildman–Crippen MR) is 103 cm³/mol. The summed E-state index contributed by atoms with van der Waals surface area (Å²) in [5.74, 6) is -0.734. The zero-order chi connectivity index (χ0) is 19.4. The average molecular weight is 369 g/mol. The highest BCUT2D eigenvalue weighted by Crippen LogP contribution is 2.31. The van der Waals surface area contributed by atoms with Crippen LogP contribution in [0.15, 0.2) is 11.6 Å². The molecule has 3 amide bonds. The number of rotatable bonds is 8. The maximum atomic E-state index is 12.3. The number of nitrogens with one attached hydrogen (secondary N) is 1. The molecule has 0 fully saturated rings. The second kappa shape index (κ2) is 8.39. The third kappa shape index (κ3) is 6.49. The van der Waals surface area contributed by atoms with Gasteiger partial charge in [-0.05, 0) is 11.8 Å². The highest BCUT2D eigenvalue weighted by Gasteiger charge is 2.36. The van der Waals surface area contributed by atoms with E-state index in [0.29, 0.717) is 17.4 Å². The molecular weight excluding hydrogens is 336 g/mol. The van der Waals surface area contributed by atoms with Crippen molar-refractivity contribution >= 4 is 29.5 Å².